The van der Waals surface area contributed by atoms with Crippen molar-refractivity contribution in [3.05, 3.63) is 30.2 Å². The molecular formula is C16H23N5O2. The largest absolute Gasteiger partial charge is 0.345 e. The number of carbonyl (C=O) groups is 1. The number of aromatic nitrogens is 4. The van der Waals surface area contributed by atoms with Crippen LogP contribution in [0.4, 0.5) is 0 Å². The molecule has 1 atom stereocenters. The Labute approximate surface area is 135 Å². The third-order valence-corrected chi connectivity index (χ3v) is 4.40. The zero-order valence-corrected chi connectivity index (χ0v) is 13.4. The molecular weight excluding hydrogens is 294 g/mol. The molecule has 1 saturated carbocycles. The van der Waals surface area contributed by atoms with Gasteiger partial charge < -0.3 is 9.84 Å². The Morgan fingerprint density at radius 3 is 2.96 bits per heavy atom. The molecule has 0 unspecified atom stereocenters. The molecule has 7 nitrogen and oxygen atoms in total. The maximum atomic E-state index is 12.3. The molecule has 2 aromatic rings. The first-order valence-corrected chi connectivity index (χ1v) is 8.37. The molecule has 0 bridgehead atoms. The van der Waals surface area contributed by atoms with E-state index in [2.05, 4.69) is 20.6 Å². The van der Waals surface area contributed by atoms with Crippen LogP contribution in [0.5, 0.6) is 0 Å². The quantitative estimate of drug-likeness (QED) is 0.885. The van der Waals surface area contributed by atoms with E-state index in [0.717, 1.165) is 18.7 Å². The van der Waals surface area contributed by atoms with Gasteiger partial charge in [-0.3, -0.25) is 9.48 Å². The van der Waals surface area contributed by atoms with Gasteiger partial charge >= 0.3 is 0 Å². The second-order valence-electron chi connectivity index (χ2n) is 6.01. The van der Waals surface area contributed by atoms with E-state index in [0.29, 0.717) is 18.2 Å². The normalized spacial score (nSPS) is 17.1. The lowest BCUT2D eigenvalue weighted by molar-refractivity contribution is -0.125. The van der Waals surface area contributed by atoms with Crippen molar-refractivity contribution in [3.8, 4) is 0 Å². The summed E-state index contributed by atoms with van der Waals surface area (Å²) in [7, 11) is 0. The second kappa shape index (κ2) is 7.39. The first-order chi connectivity index (χ1) is 11.3. The van der Waals surface area contributed by atoms with Crippen LogP contribution < -0.4 is 5.32 Å². The highest BCUT2D eigenvalue weighted by Crippen LogP contribution is 2.30. The van der Waals surface area contributed by atoms with E-state index in [9.17, 15) is 4.79 Å². The molecule has 0 spiro atoms. The number of nitrogens with one attached hydrogen (secondary N) is 1. The smallest absolute Gasteiger partial charge is 0.246 e. The van der Waals surface area contributed by atoms with Crippen LogP contribution in [0.25, 0.3) is 0 Å². The molecule has 124 valence electrons. The van der Waals surface area contributed by atoms with Gasteiger partial charge in [0.05, 0.1) is 6.54 Å². The Morgan fingerprint density at radius 1 is 1.43 bits per heavy atom. The van der Waals surface area contributed by atoms with E-state index in [1.807, 2.05) is 13.0 Å². The molecule has 1 amide bonds. The maximum absolute atomic E-state index is 12.3. The zero-order valence-electron chi connectivity index (χ0n) is 13.4. The average Bonchev–Trinajstić information content (AvgIpc) is 3.26. The summed E-state index contributed by atoms with van der Waals surface area (Å²) < 4.78 is 6.94. The molecule has 23 heavy (non-hydrogen) atoms. The van der Waals surface area contributed by atoms with Gasteiger partial charge in [0.25, 0.3) is 0 Å². The SMILES string of the molecule is CC[C@H](C(=O)NCc1nc(C2CCCCC2)no1)n1cccn1. The second-order valence-corrected chi connectivity index (χ2v) is 6.01. The predicted molar refractivity (Wildman–Crippen MR) is 83.5 cm³/mol. The molecule has 1 aliphatic carbocycles. The maximum Gasteiger partial charge on any atom is 0.246 e. The summed E-state index contributed by atoms with van der Waals surface area (Å²) in [5.41, 5.74) is 0. The van der Waals surface area contributed by atoms with Crippen LogP contribution in [0.1, 0.15) is 69.1 Å². The molecule has 2 heterocycles. The van der Waals surface area contributed by atoms with E-state index in [1.165, 1.54) is 19.3 Å². The molecule has 1 aliphatic rings. The topological polar surface area (TPSA) is 85.8 Å². The van der Waals surface area contributed by atoms with Crippen molar-refractivity contribution in [1.82, 2.24) is 25.2 Å². The fraction of sp³-hybridized carbons (Fsp3) is 0.625. The van der Waals surface area contributed by atoms with Crippen molar-refractivity contribution in [2.24, 2.45) is 0 Å². The van der Waals surface area contributed by atoms with E-state index >= 15 is 0 Å². The van der Waals surface area contributed by atoms with Gasteiger partial charge in [0.2, 0.25) is 11.8 Å². The number of amides is 1. The lowest BCUT2D eigenvalue weighted by Gasteiger charge is -2.17. The average molecular weight is 317 g/mol. The van der Waals surface area contributed by atoms with Crippen molar-refractivity contribution >= 4 is 5.91 Å². The highest BCUT2D eigenvalue weighted by atomic mass is 16.5. The Balaban J connectivity index is 1.55. The van der Waals surface area contributed by atoms with Gasteiger partial charge in [0.15, 0.2) is 5.82 Å². The number of rotatable bonds is 6. The first-order valence-electron chi connectivity index (χ1n) is 8.37. The third kappa shape index (κ3) is 3.78. The zero-order chi connectivity index (χ0) is 16.1. The monoisotopic (exact) mass is 317 g/mol. The number of hydrogen-bond acceptors (Lipinski definition) is 5. The molecule has 0 saturated heterocycles. The van der Waals surface area contributed by atoms with Crippen molar-refractivity contribution in [1.29, 1.82) is 0 Å². The summed E-state index contributed by atoms with van der Waals surface area (Å²) in [5, 5.41) is 11.1. The standard InChI is InChI=1S/C16H23N5O2/c1-2-13(21-10-6-9-18-21)16(22)17-11-14-19-15(20-23-14)12-7-4-3-5-8-12/h6,9-10,12-13H,2-5,7-8,11H2,1H3,(H,17,22)/t13-/m1/s1. The number of carbonyl (C=O) groups excluding carboxylic acids is 1. The van der Waals surface area contributed by atoms with Gasteiger partial charge in [-0.1, -0.05) is 31.3 Å². The van der Waals surface area contributed by atoms with Gasteiger partial charge in [0, 0.05) is 18.3 Å². The minimum atomic E-state index is -0.314. The van der Waals surface area contributed by atoms with Gasteiger partial charge in [-0.05, 0) is 25.3 Å². The summed E-state index contributed by atoms with van der Waals surface area (Å²) in [6, 6.07) is 1.50. The fourth-order valence-electron chi connectivity index (χ4n) is 3.10. The minimum absolute atomic E-state index is 0.0892. The van der Waals surface area contributed by atoms with Crippen molar-refractivity contribution < 1.29 is 9.32 Å². The van der Waals surface area contributed by atoms with Crippen LogP contribution in [0.2, 0.25) is 0 Å². The summed E-state index contributed by atoms with van der Waals surface area (Å²) >= 11 is 0. The third-order valence-electron chi connectivity index (χ3n) is 4.40. The molecule has 0 radical (unpaired) electrons. The van der Waals surface area contributed by atoms with E-state index in [4.69, 9.17) is 4.52 Å². The summed E-state index contributed by atoms with van der Waals surface area (Å²) in [5.74, 6) is 1.57. The molecule has 1 N–H and O–H groups in total. The van der Waals surface area contributed by atoms with Gasteiger partial charge in [-0.15, -0.1) is 0 Å². The molecule has 1 fully saturated rings. The number of nitrogens with zero attached hydrogens (tertiary/aromatic N) is 4. The molecule has 0 aromatic carbocycles. The lowest BCUT2D eigenvalue weighted by atomic mass is 9.89. The molecule has 7 heteroatoms. The summed E-state index contributed by atoms with van der Waals surface area (Å²) in [6.07, 6.45) is 10.1. The Hall–Kier alpha value is -2.18. The molecule has 2 aromatic heterocycles. The van der Waals surface area contributed by atoms with Crippen LogP contribution in [-0.4, -0.2) is 25.8 Å². The van der Waals surface area contributed by atoms with E-state index < -0.39 is 0 Å². The highest BCUT2D eigenvalue weighted by molar-refractivity contribution is 5.79. The Kier molecular flexibility index (Phi) is 5.05. The number of hydrogen-bond donors (Lipinski definition) is 1. The van der Waals surface area contributed by atoms with Crippen LogP contribution in [0.15, 0.2) is 23.0 Å². The van der Waals surface area contributed by atoms with Crippen molar-refractivity contribution in [2.75, 3.05) is 0 Å². The van der Waals surface area contributed by atoms with E-state index in [1.54, 1.807) is 17.1 Å². The van der Waals surface area contributed by atoms with Crippen LogP contribution in [0.3, 0.4) is 0 Å². The lowest BCUT2D eigenvalue weighted by Crippen LogP contribution is -2.32. The van der Waals surface area contributed by atoms with Crippen LogP contribution in [0, 0.1) is 0 Å². The van der Waals surface area contributed by atoms with Gasteiger partial charge in [0.1, 0.15) is 6.04 Å². The van der Waals surface area contributed by atoms with Crippen LogP contribution >= 0.6 is 0 Å². The molecule has 3 rings (SSSR count). The fourth-order valence-corrected chi connectivity index (χ4v) is 3.10. The van der Waals surface area contributed by atoms with Crippen molar-refractivity contribution in [2.45, 2.75) is 64.0 Å². The van der Waals surface area contributed by atoms with Crippen LogP contribution in [-0.2, 0) is 11.3 Å². The van der Waals surface area contributed by atoms with Gasteiger partial charge in [-0.25, -0.2) is 0 Å². The molecule has 0 aliphatic heterocycles. The Bertz CT molecular complexity index is 616. The summed E-state index contributed by atoms with van der Waals surface area (Å²) in [6.45, 7) is 2.22. The first kappa shape index (κ1) is 15.7. The Morgan fingerprint density at radius 2 is 2.26 bits per heavy atom. The van der Waals surface area contributed by atoms with E-state index in [-0.39, 0.29) is 18.5 Å². The van der Waals surface area contributed by atoms with Gasteiger partial charge in [-0.2, -0.15) is 10.1 Å². The van der Waals surface area contributed by atoms with Crippen molar-refractivity contribution in [3.63, 3.8) is 0 Å². The minimum Gasteiger partial charge on any atom is -0.345 e. The summed E-state index contributed by atoms with van der Waals surface area (Å²) in [4.78, 5) is 16.7. The predicted octanol–water partition coefficient (Wildman–Crippen LogP) is 2.58. The highest BCUT2D eigenvalue weighted by Gasteiger charge is 2.22.